The molecule has 0 saturated carbocycles. The third-order valence-electron chi connectivity index (χ3n) is 5.16. The highest BCUT2D eigenvalue weighted by molar-refractivity contribution is 5.95. The maximum atomic E-state index is 12.8. The van der Waals surface area contributed by atoms with E-state index in [0.29, 0.717) is 22.5 Å². The molecule has 0 fully saturated rings. The van der Waals surface area contributed by atoms with Gasteiger partial charge in [0.15, 0.2) is 0 Å². The van der Waals surface area contributed by atoms with Gasteiger partial charge in [-0.1, -0.05) is 48.0 Å². The smallest absolute Gasteiger partial charge is 0.338 e. The van der Waals surface area contributed by atoms with Gasteiger partial charge in [-0.2, -0.15) is 5.10 Å². The van der Waals surface area contributed by atoms with Crippen LogP contribution in [-0.2, 0) is 9.53 Å². The van der Waals surface area contributed by atoms with Crippen molar-refractivity contribution >= 4 is 12.0 Å². The SMILES string of the molecule is CCOC(=O)C1=C(C)NC(=O)N[C@H]1c1cn(-c2ccccc2)nc1-c1ccc(C)cc1. The highest BCUT2D eigenvalue weighted by atomic mass is 16.5. The van der Waals surface area contributed by atoms with E-state index in [9.17, 15) is 9.59 Å². The van der Waals surface area contributed by atoms with Crippen molar-refractivity contribution in [3.05, 3.63) is 83.2 Å². The minimum absolute atomic E-state index is 0.240. The molecule has 1 aliphatic rings. The Morgan fingerprint density at radius 1 is 1.10 bits per heavy atom. The number of carbonyl (C=O) groups excluding carboxylic acids is 2. The van der Waals surface area contributed by atoms with Gasteiger partial charge in [0.1, 0.15) is 0 Å². The summed E-state index contributed by atoms with van der Waals surface area (Å²) in [5, 5.41) is 10.4. The quantitative estimate of drug-likeness (QED) is 0.615. The molecule has 3 aromatic rings. The molecule has 1 atom stereocenters. The van der Waals surface area contributed by atoms with Gasteiger partial charge in [-0.15, -0.1) is 0 Å². The van der Waals surface area contributed by atoms with Crippen LogP contribution in [0.15, 0.2) is 72.1 Å². The predicted molar refractivity (Wildman–Crippen MR) is 117 cm³/mol. The van der Waals surface area contributed by atoms with Crippen molar-refractivity contribution in [1.82, 2.24) is 20.4 Å². The van der Waals surface area contributed by atoms with E-state index < -0.39 is 12.0 Å². The van der Waals surface area contributed by atoms with E-state index in [0.717, 1.165) is 16.8 Å². The number of nitrogens with zero attached hydrogens (tertiary/aromatic N) is 2. The highest BCUT2D eigenvalue weighted by Crippen LogP contribution is 2.35. The topological polar surface area (TPSA) is 85.2 Å². The van der Waals surface area contributed by atoms with Gasteiger partial charge in [0.2, 0.25) is 0 Å². The highest BCUT2D eigenvalue weighted by Gasteiger charge is 2.35. The Hall–Kier alpha value is -3.87. The fourth-order valence-electron chi connectivity index (χ4n) is 3.65. The van der Waals surface area contributed by atoms with Crippen LogP contribution in [0.5, 0.6) is 0 Å². The number of esters is 1. The lowest BCUT2D eigenvalue weighted by Gasteiger charge is -2.27. The fourth-order valence-corrected chi connectivity index (χ4v) is 3.65. The molecule has 1 aromatic heterocycles. The summed E-state index contributed by atoms with van der Waals surface area (Å²) in [5.74, 6) is -0.472. The lowest BCUT2D eigenvalue weighted by molar-refractivity contribution is -0.139. The Kier molecular flexibility index (Phi) is 5.58. The first-order valence-corrected chi connectivity index (χ1v) is 10.2. The summed E-state index contributed by atoms with van der Waals surface area (Å²) in [5.41, 5.74) is 5.13. The van der Waals surface area contributed by atoms with E-state index in [-0.39, 0.29) is 12.6 Å². The number of hydrogen-bond donors (Lipinski definition) is 2. The summed E-state index contributed by atoms with van der Waals surface area (Å²) in [4.78, 5) is 25.1. The molecule has 2 heterocycles. The van der Waals surface area contributed by atoms with E-state index in [1.54, 1.807) is 18.5 Å². The third-order valence-corrected chi connectivity index (χ3v) is 5.16. The van der Waals surface area contributed by atoms with Gasteiger partial charge in [-0.25, -0.2) is 14.3 Å². The van der Waals surface area contributed by atoms with E-state index in [4.69, 9.17) is 9.84 Å². The van der Waals surface area contributed by atoms with Crippen molar-refractivity contribution in [1.29, 1.82) is 0 Å². The molecular weight excluding hydrogens is 392 g/mol. The van der Waals surface area contributed by atoms with Crippen LogP contribution in [0, 0.1) is 6.92 Å². The van der Waals surface area contributed by atoms with Crippen LogP contribution < -0.4 is 10.6 Å². The number of carbonyl (C=O) groups is 2. The molecule has 0 radical (unpaired) electrons. The van der Waals surface area contributed by atoms with Crippen LogP contribution in [0.4, 0.5) is 4.79 Å². The number of nitrogens with one attached hydrogen (secondary N) is 2. The Morgan fingerprint density at radius 3 is 2.48 bits per heavy atom. The average Bonchev–Trinajstić information content (AvgIpc) is 3.20. The number of ether oxygens (including phenoxy) is 1. The average molecular weight is 416 g/mol. The molecule has 0 aliphatic carbocycles. The second-order valence-corrected chi connectivity index (χ2v) is 7.37. The zero-order valence-corrected chi connectivity index (χ0v) is 17.7. The molecular formula is C24H24N4O3. The van der Waals surface area contributed by atoms with E-state index in [1.165, 1.54) is 0 Å². The van der Waals surface area contributed by atoms with Gasteiger partial charge in [-0.3, -0.25) is 0 Å². The molecule has 7 heteroatoms. The lowest BCUT2D eigenvalue weighted by atomic mass is 9.93. The molecule has 0 bridgehead atoms. The van der Waals surface area contributed by atoms with Gasteiger partial charge >= 0.3 is 12.0 Å². The summed E-state index contributed by atoms with van der Waals surface area (Å²) in [7, 11) is 0. The Labute approximate surface area is 180 Å². The standard InChI is InChI=1S/C24H24N4O3/c1-4-31-23(29)20-16(3)25-24(30)26-22(20)19-14-28(18-8-6-5-7-9-18)27-21(19)17-12-10-15(2)11-13-17/h5-14,22H,4H2,1-3H3,(H2,25,26,30)/t22-/m0/s1. The van der Waals surface area contributed by atoms with Crippen LogP contribution >= 0.6 is 0 Å². The minimum Gasteiger partial charge on any atom is -0.463 e. The Bertz CT molecular complexity index is 1150. The fraction of sp³-hybridized carbons (Fsp3) is 0.208. The lowest BCUT2D eigenvalue weighted by Crippen LogP contribution is -2.45. The van der Waals surface area contributed by atoms with Gasteiger partial charge in [0.25, 0.3) is 0 Å². The number of hydrogen-bond acceptors (Lipinski definition) is 4. The Morgan fingerprint density at radius 2 is 1.81 bits per heavy atom. The van der Waals surface area contributed by atoms with Crippen molar-refractivity contribution in [3.8, 4) is 16.9 Å². The molecule has 2 N–H and O–H groups in total. The van der Waals surface area contributed by atoms with Crippen molar-refractivity contribution in [3.63, 3.8) is 0 Å². The molecule has 0 saturated heterocycles. The first kappa shape index (κ1) is 20.4. The summed E-state index contributed by atoms with van der Waals surface area (Å²) >= 11 is 0. The van der Waals surface area contributed by atoms with Gasteiger partial charge in [-0.05, 0) is 32.9 Å². The molecule has 158 valence electrons. The molecule has 2 aromatic carbocycles. The van der Waals surface area contributed by atoms with Crippen molar-refractivity contribution in [2.45, 2.75) is 26.8 Å². The maximum Gasteiger partial charge on any atom is 0.338 e. The van der Waals surface area contributed by atoms with E-state index in [1.807, 2.05) is 67.7 Å². The second kappa shape index (κ2) is 8.47. The van der Waals surface area contributed by atoms with Crippen LogP contribution in [0.2, 0.25) is 0 Å². The summed E-state index contributed by atoms with van der Waals surface area (Å²) in [6.07, 6.45) is 1.85. The first-order chi connectivity index (χ1) is 15.0. The number of amides is 2. The minimum atomic E-state index is -0.693. The maximum absolute atomic E-state index is 12.8. The predicted octanol–water partition coefficient (Wildman–Crippen LogP) is 4.04. The first-order valence-electron chi connectivity index (χ1n) is 10.2. The van der Waals surface area contributed by atoms with Crippen molar-refractivity contribution < 1.29 is 14.3 Å². The normalized spacial score (nSPS) is 16.0. The summed E-state index contributed by atoms with van der Waals surface area (Å²) in [6, 6.07) is 16.6. The molecule has 1 aliphatic heterocycles. The van der Waals surface area contributed by atoms with E-state index >= 15 is 0 Å². The largest absolute Gasteiger partial charge is 0.463 e. The monoisotopic (exact) mass is 416 g/mol. The van der Waals surface area contributed by atoms with Crippen molar-refractivity contribution in [2.24, 2.45) is 0 Å². The number of aryl methyl sites for hydroxylation is 1. The number of urea groups is 1. The molecule has 7 nitrogen and oxygen atoms in total. The number of para-hydroxylation sites is 1. The van der Waals surface area contributed by atoms with Gasteiger partial charge in [0.05, 0.1) is 29.6 Å². The number of rotatable bonds is 5. The Balaban J connectivity index is 1.90. The summed E-state index contributed by atoms with van der Waals surface area (Å²) in [6.45, 7) is 5.71. The second-order valence-electron chi connectivity index (χ2n) is 7.37. The zero-order chi connectivity index (χ0) is 22.0. The zero-order valence-electron chi connectivity index (χ0n) is 17.7. The van der Waals surface area contributed by atoms with Crippen LogP contribution in [0.1, 0.15) is 31.0 Å². The number of allylic oxidation sites excluding steroid dienone is 1. The third kappa shape index (κ3) is 4.07. The van der Waals surface area contributed by atoms with Gasteiger partial charge in [0, 0.05) is 23.0 Å². The molecule has 2 amide bonds. The number of benzene rings is 2. The molecule has 0 unspecified atom stereocenters. The van der Waals surface area contributed by atoms with E-state index in [2.05, 4.69) is 10.6 Å². The van der Waals surface area contributed by atoms with Crippen LogP contribution in [0.25, 0.3) is 16.9 Å². The molecule has 4 rings (SSSR count). The molecule has 0 spiro atoms. The van der Waals surface area contributed by atoms with Crippen molar-refractivity contribution in [2.75, 3.05) is 6.61 Å². The molecule has 31 heavy (non-hydrogen) atoms. The van der Waals surface area contributed by atoms with Gasteiger partial charge < -0.3 is 15.4 Å². The summed E-state index contributed by atoms with van der Waals surface area (Å²) < 4.78 is 7.04. The van der Waals surface area contributed by atoms with Crippen LogP contribution in [-0.4, -0.2) is 28.4 Å². The van der Waals surface area contributed by atoms with Crippen LogP contribution in [0.3, 0.4) is 0 Å². The number of aromatic nitrogens is 2.